The number of hydrogen-bond donors (Lipinski definition) is 0. The molecule has 116 valence electrons. The van der Waals surface area contributed by atoms with E-state index in [4.69, 9.17) is 0 Å². The second-order valence-corrected chi connectivity index (χ2v) is 7.89. The molecule has 0 bridgehead atoms. The fraction of sp³-hybridized carbons (Fsp3) is 0.353. The van der Waals surface area contributed by atoms with E-state index in [1.807, 2.05) is 20.8 Å². The van der Waals surface area contributed by atoms with Crippen LogP contribution in [-0.2, 0) is 22.9 Å². The average Bonchev–Trinajstić information content (AvgIpc) is 3.00. The van der Waals surface area contributed by atoms with Gasteiger partial charge in [0.2, 0.25) is 0 Å². The molecule has 1 aromatic heterocycles. The van der Waals surface area contributed by atoms with Gasteiger partial charge >= 0.3 is 0 Å². The van der Waals surface area contributed by atoms with E-state index < -0.39 is 10.0 Å². The van der Waals surface area contributed by atoms with E-state index in [1.165, 1.54) is 4.09 Å². The number of rotatable bonds is 3. The van der Waals surface area contributed by atoms with Gasteiger partial charge in [-0.15, -0.1) is 0 Å². The van der Waals surface area contributed by atoms with Crippen LogP contribution < -0.4 is 0 Å². The van der Waals surface area contributed by atoms with Crippen molar-refractivity contribution in [1.82, 2.24) is 9.19 Å². The monoisotopic (exact) mass is 316 g/mol. The van der Waals surface area contributed by atoms with Crippen LogP contribution >= 0.6 is 0 Å². The Labute approximate surface area is 131 Å². The van der Waals surface area contributed by atoms with Gasteiger partial charge in [0.15, 0.2) is 0 Å². The van der Waals surface area contributed by atoms with Crippen molar-refractivity contribution in [1.29, 1.82) is 0 Å². The van der Waals surface area contributed by atoms with Crippen molar-refractivity contribution >= 4 is 10.0 Å². The van der Waals surface area contributed by atoms with Crippen molar-refractivity contribution in [3.63, 3.8) is 0 Å². The topological polar surface area (TPSA) is 52.0 Å². The van der Waals surface area contributed by atoms with Crippen LogP contribution in [0.4, 0.5) is 0 Å². The zero-order chi connectivity index (χ0) is 16.1. The van der Waals surface area contributed by atoms with Crippen molar-refractivity contribution in [3.05, 3.63) is 58.9 Å². The maximum atomic E-state index is 12.9. The van der Waals surface area contributed by atoms with E-state index in [1.54, 1.807) is 24.3 Å². The lowest BCUT2D eigenvalue weighted by molar-refractivity contribution is 0.571. The smallest absolute Gasteiger partial charge is 0.199 e. The molecule has 1 aliphatic rings. The maximum Gasteiger partial charge on any atom is 0.283 e. The highest BCUT2D eigenvalue weighted by molar-refractivity contribution is 7.89. The van der Waals surface area contributed by atoms with E-state index in [2.05, 4.69) is 11.7 Å². The third-order valence-corrected chi connectivity index (χ3v) is 6.02. The molecular weight excluding hydrogens is 296 g/mol. The molecule has 0 radical (unpaired) electrons. The third-order valence-electron chi connectivity index (χ3n) is 4.39. The maximum absolute atomic E-state index is 12.9. The van der Waals surface area contributed by atoms with Crippen molar-refractivity contribution in [2.75, 3.05) is 0 Å². The largest absolute Gasteiger partial charge is 0.283 e. The molecule has 1 heterocycles. The SMILES string of the molecule is C=C(C)[C@@H]1Cc2c(C)nn(S(=O)(=O)c3ccc(C)cc3)c2C1. The first kappa shape index (κ1) is 15.0. The molecular formula is C17H20N2O2S. The highest BCUT2D eigenvalue weighted by Gasteiger charge is 2.32. The number of aryl methyl sites for hydroxylation is 2. The lowest BCUT2D eigenvalue weighted by Crippen LogP contribution is -2.18. The molecule has 4 nitrogen and oxygen atoms in total. The van der Waals surface area contributed by atoms with Crippen LogP contribution in [-0.4, -0.2) is 17.6 Å². The summed E-state index contributed by atoms with van der Waals surface area (Å²) in [6.45, 7) is 9.82. The molecule has 2 aromatic rings. The van der Waals surface area contributed by atoms with E-state index in [0.717, 1.165) is 34.5 Å². The van der Waals surface area contributed by atoms with Crippen molar-refractivity contribution in [2.24, 2.45) is 5.92 Å². The summed E-state index contributed by atoms with van der Waals surface area (Å²) in [6.07, 6.45) is 1.52. The van der Waals surface area contributed by atoms with Gasteiger partial charge in [-0.25, -0.2) is 0 Å². The van der Waals surface area contributed by atoms with Crippen LogP contribution in [0.2, 0.25) is 0 Å². The van der Waals surface area contributed by atoms with Gasteiger partial charge in [-0.3, -0.25) is 0 Å². The number of benzene rings is 1. The number of allylic oxidation sites excluding steroid dienone is 1. The normalized spacial score (nSPS) is 17.5. The summed E-state index contributed by atoms with van der Waals surface area (Å²) in [5, 5.41) is 4.30. The molecule has 0 unspecified atom stereocenters. The van der Waals surface area contributed by atoms with E-state index >= 15 is 0 Å². The first-order valence-electron chi connectivity index (χ1n) is 7.35. The quantitative estimate of drug-likeness (QED) is 0.818. The Hall–Kier alpha value is -1.88. The Kier molecular flexibility index (Phi) is 3.48. The van der Waals surface area contributed by atoms with E-state index in [9.17, 15) is 8.42 Å². The highest BCUT2D eigenvalue weighted by atomic mass is 32.2. The summed E-state index contributed by atoms with van der Waals surface area (Å²) >= 11 is 0. The molecule has 1 aliphatic carbocycles. The number of aromatic nitrogens is 2. The Bertz CT molecular complexity index is 846. The van der Waals surface area contributed by atoms with Gasteiger partial charge < -0.3 is 0 Å². The first-order valence-corrected chi connectivity index (χ1v) is 8.79. The van der Waals surface area contributed by atoms with Crippen molar-refractivity contribution in [3.8, 4) is 0 Å². The molecule has 0 amide bonds. The molecule has 0 spiro atoms. The Balaban J connectivity index is 2.09. The van der Waals surface area contributed by atoms with E-state index in [0.29, 0.717) is 12.3 Å². The number of nitrogens with zero attached hydrogens (tertiary/aromatic N) is 2. The van der Waals surface area contributed by atoms with Crippen molar-refractivity contribution in [2.45, 2.75) is 38.5 Å². The van der Waals surface area contributed by atoms with Gasteiger partial charge in [-0.05, 0) is 57.2 Å². The lowest BCUT2D eigenvalue weighted by atomic mass is 9.99. The summed E-state index contributed by atoms with van der Waals surface area (Å²) in [5.41, 5.74) is 4.79. The van der Waals surface area contributed by atoms with Crippen LogP contribution in [0.25, 0.3) is 0 Å². The van der Waals surface area contributed by atoms with Crippen LogP contribution in [0, 0.1) is 19.8 Å². The standard InChI is InChI=1S/C17H20N2O2S/c1-11(2)14-9-16-13(4)18-19(17(16)10-14)22(20,21)15-7-5-12(3)6-8-15/h5-8,14H,1,9-10H2,2-4H3/t14-/m1/s1. The highest BCUT2D eigenvalue weighted by Crippen LogP contribution is 2.34. The molecule has 0 N–H and O–H groups in total. The van der Waals surface area contributed by atoms with Crippen LogP contribution in [0.3, 0.4) is 0 Å². The number of fused-ring (bicyclic) bond motifs is 1. The molecule has 5 heteroatoms. The van der Waals surface area contributed by atoms with Gasteiger partial charge in [0.25, 0.3) is 10.0 Å². The van der Waals surface area contributed by atoms with Gasteiger partial charge in [-0.2, -0.15) is 17.6 Å². The molecule has 22 heavy (non-hydrogen) atoms. The molecule has 3 rings (SSSR count). The second kappa shape index (κ2) is 5.09. The molecule has 1 aromatic carbocycles. The first-order chi connectivity index (χ1) is 10.3. The van der Waals surface area contributed by atoms with Gasteiger partial charge in [0.05, 0.1) is 16.3 Å². The zero-order valence-electron chi connectivity index (χ0n) is 13.1. The third kappa shape index (κ3) is 2.29. The molecule has 1 atom stereocenters. The van der Waals surface area contributed by atoms with Gasteiger partial charge in [-0.1, -0.05) is 29.8 Å². The van der Waals surface area contributed by atoms with Gasteiger partial charge in [0, 0.05) is 0 Å². The fourth-order valence-corrected chi connectivity index (χ4v) is 4.34. The predicted molar refractivity (Wildman–Crippen MR) is 86.4 cm³/mol. The molecule has 0 saturated carbocycles. The van der Waals surface area contributed by atoms with Crippen LogP contribution in [0.5, 0.6) is 0 Å². The minimum atomic E-state index is -3.63. The van der Waals surface area contributed by atoms with E-state index in [-0.39, 0.29) is 4.90 Å². The summed E-state index contributed by atoms with van der Waals surface area (Å²) in [6, 6.07) is 6.89. The minimum Gasteiger partial charge on any atom is -0.199 e. The average molecular weight is 316 g/mol. The lowest BCUT2D eigenvalue weighted by Gasteiger charge is -2.11. The summed E-state index contributed by atoms with van der Waals surface area (Å²) in [5.74, 6) is 0.311. The molecule has 0 saturated heterocycles. The van der Waals surface area contributed by atoms with Crippen molar-refractivity contribution < 1.29 is 8.42 Å². The van der Waals surface area contributed by atoms with Crippen LogP contribution in [0.1, 0.15) is 29.4 Å². The predicted octanol–water partition coefficient (Wildman–Crippen LogP) is 3.03. The fourth-order valence-electron chi connectivity index (χ4n) is 2.96. The summed E-state index contributed by atoms with van der Waals surface area (Å²) in [4.78, 5) is 0.280. The zero-order valence-corrected chi connectivity index (χ0v) is 13.9. The molecule has 0 aliphatic heterocycles. The Morgan fingerprint density at radius 2 is 1.86 bits per heavy atom. The molecule has 0 fully saturated rings. The Morgan fingerprint density at radius 3 is 2.45 bits per heavy atom. The van der Waals surface area contributed by atoms with Crippen LogP contribution in [0.15, 0.2) is 41.3 Å². The minimum absolute atomic E-state index is 0.280. The van der Waals surface area contributed by atoms with Gasteiger partial charge in [0.1, 0.15) is 0 Å². The summed E-state index contributed by atoms with van der Waals surface area (Å²) in [7, 11) is -3.63. The Morgan fingerprint density at radius 1 is 1.23 bits per heavy atom. The second-order valence-electron chi connectivity index (χ2n) is 6.12. The number of hydrogen-bond acceptors (Lipinski definition) is 3. The summed E-state index contributed by atoms with van der Waals surface area (Å²) < 4.78 is 27.0.